The van der Waals surface area contributed by atoms with Crippen molar-refractivity contribution in [2.45, 2.75) is 26.3 Å². The predicted octanol–water partition coefficient (Wildman–Crippen LogP) is 1.71. The van der Waals surface area contributed by atoms with Gasteiger partial charge in [0.05, 0.1) is 12.1 Å². The second-order valence-corrected chi connectivity index (χ2v) is 5.11. The highest BCUT2D eigenvalue weighted by Gasteiger charge is 2.23. The number of nitrogens with zero attached hydrogens (tertiary/aromatic N) is 1. The summed E-state index contributed by atoms with van der Waals surface area (Å²) >= 11 is 0. The minimum absolute atomic E-state index is 0.124. The smallest absolute Gasteiger partial charge is 0.0627 e. The van der Waals surface area contributed by atoms with Crippen LogP contribution in [0.2, 0.25) is 0 Å². The summed E-state index contributed by atoms with van der Waals surface area (Å²) in [4.78, 5) is 2.18. The van der Waals surface area contributed by atoms with Gasteiger partial charge in [-0.2, -0.15) is 0 Å². The molecule has 0 aromatic heterocycles. The zero-order valence-corrected chi connectivity index (χ0v) is 11.5. The van der Waals surface area contributed by atoms with Gasteiger partial charge in [0.25, 0.3) is 0 Å². The SMILES string of the molecule is CNC(C)(CO)CN(C)c1ccc(C)cc1C. The fourth-order valence-corrected chi connectivity index (χ4v) is 2.05. The van der Waals surface area contributed by atoms with Crippen molar-refractivity contribution in [1.29, 1.82) is 0 Å². The Balaban J connectivity index is 2.86. The van der Waals surface area contributed by atoms with E-state index in [1.807, 2.05) is 14.0 Å². The van der Waals surface area contributed by atoms with Crippen LogP contribution in [-0.4, -0.2) is 37.9 Å². The van der Waals surface area contributed by atoms with Gasteiger partial charge in [-0.1, -0.05) is 17.7 Å². The van der Waals surface area contributed by atoms with Crippen LogP contribution in [0.25, 0.3) is 0 Å². The predicted molar refractivity (Wildman–Crippen MR) is 73.7 cm³/mol. The number of hydrogen-bond acceptors (Lipinski definition) is 3. The van der Waals surface area contributed by atoms with Crippen LogP contribution in [0.3, 0.4) is 0 Å². The molecule has 3 heteroatoms. The lowest BCUT2D eigenvalue weighted by atomic mass is 10.0. The number of rotatable bonds is 5. The van der Waals surface area contributed by atoms with E-state index in [0.29, 0.717) is 0 Å². The molecule has 0 amide bonds. The van der Waals surface area contributed by atoms with Crippen molar-refractivity contribution in [2.75, 3.05) is 32.1 Å². The maximum Gasteiger partial charge on any atom is 0.0627 e. The molecular formula is C14H24N2O. The van der Waals surface area contributed by atoms with E-state index in [2.05, 4.69) is 49.3 Å². The van der Waals surface area contributed by atoms with Crippen molar-refractivity contribution in [3.8, 4) is 0 Å². The molecule has 3 nitrogen and oxygen atoms in total. The summed E-state index contributed by atoms with van der Waals surface area (Å²) in [5, 5.41) is 12.6. The summed E-state index contributed by atoms with van der Waals surface area (Å²) in [5.41, 5.74) is 3.49. The Kier molecular flexibility index (Phi) is 4.54. The van der Waals surface area contributed by atoms with E-state index in [1.54, 1.807) is 0 Å². The quantitative estimate of drug-likeness (QED) is 0.817. The van der Waals surface area contributed by atoms with Crippen LogP contribution in [0, 0.1) is 13.8 Å². The maximum absolute atomic E-state index is 9.41. The lowest BCUT2D eigenvalue weighted by Gasteiger charge is -2.33. The van der Waals surface area contributed by atoms with Gasteiger partial charge in [0, 0.05) is 19.3 Å². The summed E-state index contributed by atoms with van der Waals surface area (Å²) in [6, 6.07) is 6.44. The van der Waals surface area contributed by atoms with Gasteiger partial charge in [-0.25, -0.2) is 0 Å². The highest BCUT2D eigenvalue weighted by Crippen LogP contribution is 2.21. The van der Waals surface area contributed by atoms with Crippen LogP contribution in [0.4, 0.5) is 5.69 Å². The summed E-state index contributed by atoms with van der Waals surface area (Å²) < 4.78 is 0. The monoisotopic (exact) mass is 236 g/mol. The zero-order chi connectivity index (χ0) is 13.1. The molecule has 96 valence electrons. The Morgan fingerprint density at radius 2 is 2.00 bits per heavy atom. The number of benzene rings is 1. The first kappa shape index (κ1) is 14.0. The van der Waals surface area contributed by atoms with Crippen molar-refractivity contribution in [3.05, 3.63) is 29.3 Å². The molecule has 1 rings (SSSR count). The topological polar surface area (TPSA) is 35.5 Å². The lowest BCUT2D eigenvalue weighted by molar-refractivity contribution is 0.187. The van der Waals surface area contributed by atoms with Crippen molar-refractivity contribution in [1.82, 2.24) is 5.32 Å². The Morgan fingerprint density at radius 3 is 2.47 bits per heavy atom. The highest BCUT2D eigenvalue weighted by molar-refractivity contribution is 5.54. The fourth-order valence-electron chi connectivity index (χ4n) is 2.05. The first-order valence-electron chi connectivity index (χ1n) is 6.00. The summed E-state index contributed by atoms with van der Waals surface area (Å²) in [6.07, 6.45) is 0. The molecule has 0 radical (unpaired) electrons. The maximum atomic E-state index is 9.41. The Hall–Kier alpha value is -1.06. The largest absolute Gasteiger partial charge is 0.394 e. The third-order valence-electron chi connectivity index (χ3n) is 3.30. The molecular weight excluding hydrogens is 212 g/mol. The van der Waals surface area contributed by atoms with Gasteiger partial charge >= 0.3 is 0 Å². The number of hydrogen-bond donors (Lipinski definition) is 2. The number of anilines is 1. The second kappa shape index (κ2) is 5.52. The molecule has 1 aromatic carbocycles. The molecule has 17 heavy (non-hydrogen) atoms. The van der Waals surface area contributed by atoms with Gasteiger partial charge in [-0.05, 0) is 39.4 Å². The molecule has 0 aliphatic carbocycles. The Bertz CT molecular complexity index is 372. The third-order valence-corrected chi connectivity index (χ3v) is 3.30. The second-order valence-electron chi connectivity index (χ2n) is 5.11. The van der Waals surface area contributed by atoms with Crippen LogP contribution in [0.1, 0.15) is 18.1 Å². The summed E-state index contributed by atoms with van der Waals surface area (Å²) in [6.45, 7) is 7.13. The van der Waals surface area contributed by atoms with Crippen molar-refractivity contribution < 1.29 is 5.11 Å². The van der Waals surface area contributed by atoms with Crippen LogP contribution >= 0.6 is 0 Å². The molecule has 2 N–H and O–H groups in total. The Morgan fingerprint density at radius 1 is 1.35 bits per heavy atom. The van der Waals surface area contributed by atoms with Crippen LogP contribution in [0.5, 0.6) is 0 Å². The summed E-state index contributed by atoms with van der Waals surface area (Å²) in [7, 11) is 3.94. The van der Waals surface area contributed by atoms with E-state index < -0.39 is 0 Å². The lowest BCUT2D eigenvalue weighted by Crippen LogP contribution is -2.52. The van der Waals surface area contributed by atoms with E-state index in [4.69, 9.17) is 0 Å². The summed E-state index contributed by atoms with van der Waals surface area (Å²) in [5.74, 6) is 0. The molecule has 0 spiro atoms. The number of aliphatic hydroxyl groups excluding tert-OH is 1. The molecule has 0 saturated carbocycles. The zero-order valence-electron chi connectivity index (χ0n) is 11.5. The average Bonchev–Trinajstić information content (AvgIpc) is 2.28. The van der Waals surface area contributed by atoms with Gasteiger partial charge in [0.1, 0.15) is 0 Å². The molecule has 1 atom stereocenters. The van der Waals surface area contributed by atoms with Gasteiger partial charge in [0.2, 0.25) is 0 Å². The van der Waals surface area contributed by atoms with E-state index >= 15 is 0 Å². The standard InChI is InChI=1S/C14H24N2O/c1-11-6-7-13(12(2)8-11)16(5)9-14(3,10-17)15-4/h6-8,15,17H,9-10H2,1-5H3. The Labute approximate surface area is 104 Å². The van der Waals surface area contributed by atoms with Crippen LogP contribution in [-0.2, 0) is 0 Å². The molecule has 0 fully saturated rings. The van der Waals surface area contributed by atoms with Crippen molar-refractivity contribution in [2.24, 2.45) is 0 Å². The third kappa shape index (κ3) is 3.45. The minimum Gasteiger partial charge on any atom is -0.394 e. The first-order valence-corrected chi connectivity index (χ1v) is 6.00. The first-order chi connectivity index (χ1) is 7.91. The van der Waals surface area contributed by atoms with E-state index in [1.165, 1.54) is 16.8 Å². The van der Waals surface area contributed by atoms with E-state index in [-0.39, 0.29) is 12.1 Å². The van der Waals surface area contributed by atoms with Crippen LogP contribution < -0.4 is 10.2 Å². The van der Waals surface area contributed by atoms with E-state index in [9.17, 15) is 5.11 Å². The molecule has 0 aliphatic heterocycles. The molecule has 0 heterocycles. The number of aryl methyl sites for hydroxylation is 2. The molecule has 0 bridgehead atoms. The van der Waals surface area contributed by atoms with E-state index in [0.717, 1.165) is 6.54 Å². The van der Waals surface area contributed by atoms with Gasteiger partial charge < -0.3 is 15.3 Å². The van der Waals surface area contributed by atoms with Gasteiger partial charge in [0.15, 0.2) is 0 Å². The van der Waals surface area contributed by atoms with Crippen molar-refractivity contribution in [3.63, 3.8) is 0 Å². The molecule has 1 unspecified atom stereocenters. The normalized spacial score (nSPS) is 14.5. The average molecular weight is 236 g/mol. The number of aliphatic hydroxyl groups is 1. The fraction of sp³-hybridized carbons (Fsp3) is 0.571. The number of nitrogens with one attached hydrogen (secondary N) is 1. The minimum atomic E-state index is -0.272. The van der Waals surface area contributed by atoms with Crippen LogP contribution in [0.15, 0.2) is 18.2 Å². The van der Waals surface area contributed by atoms with Crippen molar-refractivity contribution >= 4 is 5.69 Å². The number of likely N-dealkylation sites (N-methyl/N-ethyl adjacent to an activating group) is 2. The molecule has 0 saturated heterocycles. The molecule has 0 aliphatic rings. The highest BCUT2D eigenvalue weighted by atomic mass is 16.3. The van der Waals surface area contributed by atoms with Gasteiger partial charge in [-0.3, -0.25) is 0 Å². The molecule has 1 aromatic rings. The van der Waals surface area contributed by atoms with Gasteiger partial charge in [-0.15, -0.1) is 0 Å².